The molecule has 1 aliphatic heterocycles. The van der Waals surface area contributed by atoms with E-state index in [4.69, 9.17) is 21.1 Å². The molecule has 0 aromatic heterocycles. The van der Waals surface area contributed by atoms with Crippen molar-refractivity contribution >= 4 is 17.5 Å². The molecule has 0 aliphatic carbocycles. The van der Waals surface area contributed by atoms with Crippen molar-refractivity contribution in [3.63, 3.8) is 0 Å². The molecule has 4 nitrogen and oxygen atoms in total. The van der Waals surface area contributed by atoms with Crippen molar-refractivity contribution in [1.29, 1.82) is 0 Å². The Morgan fingerprint density at radius 3 is 2.12 bits per heavy atom. The smallest absolute Gasteiger partial charge is 0.223 e. The lowest BCUT2D eigenvalue weighted by Gasteiger charge is -2.17. The lowest BCUT2D eigenvalue weighted by atomic mass is 10.2. The zero-order valence-corrected chi connectivity index (χ0v) is 10.7. The molecule has 0 N–H and O–H groups in total. The van der Waals surface area contributed by atoms with Gasteiger partial charge < -0.3 is 14.4 Å². The van der Waals surface area contributed by atoms with E-state index in [1.54, 1.807) is 4.90 Å². The molecule has 0 unspecified atom stereocenters. The van der Waals surface area contributed by atoms with Crippen molar-refractivity contribution in [1.82, 2.24) is 4.90 Å². The summed E-state index contributed by atoms with van der Waals surface area (Å²) in [7, 11) is 0. The van der Waals surface area contributed by atoms with E-state index in [0.29, 0.717) is 38.6 Å². The minimum Gasteiger partial charge on any atom is -0.374 e. The van der Waals surface area contributed by atoms with Gasteiger partial charge in [-0.3, -0.25) is 4.79 Å². The van der Waals surface area contributed by atoms with Crippen LogP contribution in [0.1, 0.15) is 20.3 Å². The number of carbonyl (C=O) groups excluding carboxylic acids is 1. The summed E-state index contributed by atoms with van der Waals surface area (Å²) >= 11 is 5.56. The van der Waals surface area contributed by atoms with Crippen molar-refractivity contribution in [2.75, 3.05) is 32.2 Å². The number of ether oxygens (including phenoxy) is 2. The number of rotatable bonds is 6. The highest BCUT2D eigenvalue weighted by atomic mass is 35.5. The van der Waals surface area contributed by atoms with Crippen molar-refractivity contribution in [3.8, 4) is 0 Å². The van der Waals surface area contributed by atoms with Crippen LogP contribution in [0.4, 0.5) is 0 Å². The Kier molecular flexibility index (Phi) is 6.09. The molecule has 2 atom stereocenters. The Labute approximate surface area is 102 Å². The molecule has 0 aromatic carbocycles. The first-order chi connectivity index (χ1) is 7.72. The molecular formula is C11H20ClNO3. The molecule has 16 heavy (non-hydrogen) atoms. The lowest BCUT2D eigenvalue weighted by Crippen LogP contribution is -2.30. The highest BCUT2D eigenvalue weighted by Crippen LogP contribution is 2.17. The predicted octanol–water partition coefficient (Wildman–Crippen LogP) is 1.27. The molecule has 1 amide bonds. The van der Waals surface area contributed by atoms with Crippen molar-refractivity contribution in [2.24, 2.45) is 0 Å². The van der Waals surface area contributed by atoms with Gasteiger partial charge in [-0.1, -0.05) is 0 Å². The third-order valence-electron chi connectivity index (χ3n) is 2.64. The van der Waals surface area contributed by atoms with E-state index < -0.39 is 0 Å². The number of hydrogen-bond donors (Lipinski definition) is 0. The number of halogens is 1. The maximum Gasteiger partial charge on any atom is 0.223 e. The third-order valence-corrected chi connectivity index (χ3v) is 2.83. The quantitative estimate of drug-likeness (QED) is 0.666. The first-order valence-corrected chi connectivity index (χ1v) is 6.33. The second kappa shape index (κ2) is 7.09. The van der Waals surface area contributed by atoms with Crippen LogP contribution in [0.3, 0.4) is 0 Å². The van der Waals surface area contributed by atoms with Crippen LogP contribution in [-0.2, 0) is 14.3 Å². The van der Waals surface area contributed by atoms with Crippen LogP contribution in [0.25, 0.3) is 0 Å². The zero-order valence-electron chi connectivity index (χ0n) is 9.95. The Balaban J connectivity index is 2.50. The summed E-state index contributed by atoms with van der Waals surface area (Å²) in [6.07, 6.45) is 0.396. The third kappa shape index (κ3) is 3.61. The first-order valence-electron chi connectivity index (χ1n) is 5.79. The summed E-state index contributed by atoms with van der Waals surface area (Å²) in [5.41, 5.74) is 0. The van der Waals surface area contributed by atoms with Crippen molar-refractivity contribution in [3.05, 3.63) is 0 Å². The van der Waals surface area contributed by atoms with Crippen LogP contribution in [0, 0.1) is 0 Å². The maximum atomic E-state index is 11.7. The van der Waals surface area contributed by atoms with Crippen molar-refractivity contribution < 1.29 is 14.3 Å². The maximum absolute atomic E-state index is 11.7. The van der Waals surface area contributed by atoms with E-state index >= 15 is 0 Å². The Morgan fingerprint density at radius 1 is 1.25 bits per heavy atom. The second-order valence-corrected chi connectivity index (χ2v) is 4.10. The SMILES string of the molecule is CCO[C@H]1CN(C(=O)CCCl)C[C@@H]1OCC. The van der Waals surface area contributed by atoms with Crippen LogP contribution in [0.15, 0.2) is 0 Å². The number of nitrogens with zero attached hydrogens (tertiary/aromatic N) is 1. The number of hydrogen-bond acceptors (Lipinski definition) is 3. The largest absolute Gasteiger partial charge is 0.374 e. The molecule has 0 aromatic rings. The monoisotopic (exact) mass is 249 g/mol. The minimum absolute atomic E-state index is 0.00391. The van der Waals surface area contributed by atoms with Gasteiger partial charge in [0.25, 0.3) is 0 Å². The van der Waals surface area contributed by atoms with E-state index in [2.05, 4.69) is 0 Å². The van der Waals surface area contributed by atoms with Crippen LogP contribution >= 0.6 is 11.6 Å². The van der Waals surface area contributed by atoms with Gasteiger partial charge in [0.1, 0.15) is 12.2 Å². The van der Waals surface area contributed by atoms with Gasteiger partial charge in [-0.2, -0.15) is 0 Å². The summed E-state index contributed by atoms with van der Waals surface area (Å²) in [4.78, 5) is 13.5. The fourth-order valence-corrected chi connectivity index (χ4v) is 2.10. The van der Waals surface area contributed by atoms with Gasteiger partial charge in [0.2, 0.25) is 5.91 Å². The summed E-state index contributed by atoms with van der Waals surface area (Å²) in [5.74, 6) is 0.454. The van der Waals surface area contributed by atoms with Gasteiger partial charge in [0, 0.05) is 38.6 Å². The lowest BCUT2D eigenvalue weighted by molar-refractivity contribution is -0.130. The average molecular weight is 250 g/mol. The van der Waals surface area contributed by atoms with Crippen molar-refractivity contribution in [2.45, 2.75) is 32.5 Å². The van der Waals surface area contributed by atoms with Crippen LogP contribution < -0.4 is 0 Å². The minimum atomic E-state index is 0.00391. The number of carbonyl (C=O) groups is 1. The molecule has 5 heteroatoms. The molecule has 1 heterocycles. The molecule has 0 saturated carbocycles. The molecule has 1 fully saturated rings. The highest BCUT2D eigenvalue weighted by molar-refractivity contribution is 6.18. The predicted molar refractivity (Wildman–Crippen MR) is 62.7 cm³/mol. The molecular weight excluding hydrogens is 230 g/mol. The summed E-state index contributed by atoms with van der Waals surface area (Å²) in [6, 6.07) is 0. The van der Waals surface area contributed by atoms with E-state index in [0.717, 1.165) is 0 Å². The second-order valence-electron chi connectivity index (χ2n) is 3.73. The van der Waals surface area contributed by atoms with Gasteiger partial charge in [0.15, 0.2) is 0 Å². The fourth-order valence-electron chi connectivity index (χ4n) is 1.93. The van der Waals surface area contributed by atoms with Crippen LogP contribution in [0.2, 0.25) is 0 Å². The van der Waals surface area contributed by atoms with Gasteiger partial charge in [0.05, 0.1) is 0 Å². The molecule has 0 radical (unpaired) electrons. The average Bonchev–Trinajstić information content (AvgIpc) is 2.64. The molecule has 94 valence electrons. The van der Waals surface area contributed by atoms with Gasteiger partial charge in [-0.05, 0) is 13.8 Å². The van der Waals surface area contributed by atoms with E-state index in [-0.39, 0.29) is 18.1 Å². The van der Waals surface area contributed by atoms with E-state index in [1.807, 2.05) is 13.8 Å². The molecule has 0 spiro atoms. The van der Waals surface area contributed by atoms with Crippen LogP contribution in [0.5, 0.6) is 0 Å². The normalized spacial score (nSPS) is 25.1. The van der Waals surface area contributed by atoms with E-state index in [9.17, 15) is 4.79 Å². The summed E-state index contributed by atoms with van der Waals surface area (Å²) < 4.78 is 11.1. The number of amides is 1. The van der Waals surface area contributed by atoms with Crippen LogP contribution in [-0.4, -0.2) is 55.2 Å². The topological polar surface area (TPSA) is 38.8 Å². The Morgan fingerprint density at radius 2 is 1.75 bits per heavy atom. The summed E-state index contributed by atoms with van der Waals surface area (Å²) in [5, 5.41) is 0. The standard InChI is InChI=1S/C11H20ClNO3/c1-3-15-9-7-13(11(14)5-6-12)8-10(9)16-4-2/h9-10H,3-8H2,1-2H3/t9-,10-/m0/s1. The zero-order chi connectivity index (χ0) is 12.0. The van der Waals surface area contributed by atoms with Gasteiger partial charge in [-0.25, -0.2) is 0 Å². The molecule has 0 bridgehead atoms. The molecule has 1 aliphatic rings. The molecule has 1 rings (SSSR count). The number of likely N-dealkylation sites (tertiary alicyclic amines) is 1. The Hall–Kier alpha value is -0.320. The first kappa shape index (κ1) is 13.7. The molecule has 1 saturated heterocycles. The fraction of sp³-hybridized carbons (Fsp3) is 0.909. The highest BCUT2D eigenvalue weighted by Gasteiger charge is 2.35. The van der Waals surface area contributed by atoms with E-state index in [1.165, 1.54) is 0 Å². The van der Waals surface area contributed by atoms with Gasteiger partial charge in [-0.15, -0.1) is 11.6 Å². The Bertz CT molecular complexity index is 211. The van der Waals surface area contributed by atoms with Gasteiger partial charge >= 0.3 is 0 Å². The summed E-state index contributed by atoms with van der Waals surface area (Å²) in [6.45, 7) is 6.43. The number of alkyl halides is 1.